The van der Waals surface area contributed by atoms with Crippen molar-refractivity contribution in [2.24, 2.45) is 16.8 Å². The lowest BCUT2D eigenvalue weighted by Crippen LogP contribution is -2.33. The number of hydrogen-bond acceptors (Lipinski definition) is 3. The van der Waals surface area contributed by atoms with Crippen molar-refractivity contribution in [1.29, 1.82) is 0 Å². The molecule has 4 heteroatoms. The summed E-state index contributed by atoms with van der Waals surface area (Å²) in [5, 5.41) is 11.4. The van der Waals surface area contributed by atoms with Crippen LogP contribution < -0.4 is 5.73 Å². The summed E-state index contributed by atoms with van der Waals surface area (Å²) in [5.74, 6) is 0.421. The van der Waals surface area contributed by atoms with Crippen molar-refractivity contribution in [2.45, 2.75) is 20.3 Å². The molecule has 0 saturated heterocycles. The quantitative estimate of drug-likeness (QED) is 0.278. The van der Waals surface area contributed by atoms with Crippen LogP contribution in [0.2, 0.25) is 0 Å². The minimum atomic E-state index is 0.117. The van der Waals surface area contributed by atoms with Gasteiger partial charge in [0, 0.05) is 12.5 Å². The van der Waals surface area contributed by atoms with Crippen molar-refractivity contribution in [3.05, 3.63) is 0 Å². The fraction of sp³-hybridized carbons (Fsp3) is 0.875. The molecule has 0 spiro atoms. The SMILES string of the molecule is CCCN(C)CC(C)/C(N)=N/O. The third kappa shape index (κ3) is 4.18. The van der Waals surface area contributed by atoms with Gasteiger partial charge in [0.1, 0.15) is 5.84 Å². The lowest BCUT2D eigenvalue weighted by Gasteiger charge is -2.19. The summed E-state index contributed by atoms with van der Waals surface area (Å²) >= 11 is 0. The van der Waals surface area contributed by atoms with E-state index in [9.17, 15) is 0 Å². The average molecular weight is 173 g/mol. The van der Waals surface area contributed by atoms with Gasteiger partial charge in [-0.15, -0.1) is 0 Å². The van der Waals surface area contributed by atoms with Crippen LogP contribution >= 0.6 is 0 Å². The molecule has 0 rings (SSSR count). The van der Waals surface area contributed by atoms with Gasteiger partial charge in [0.05, 0.1) is 0 Å². The van der Waals surface area contributed by atoms with Crippen LogP contribution in [-0.4, -0.2) is 36.1 Å². The predicted octanol–water partition coefficient (Wildman–Crippen LogP) is 0.711. The van der Waals surface area contributed by atoms with Crippen LogP contribution in [0.5, 0.6) is 0 Å². The van der Waals surface area contributed by atoms with E-state index in [1.54, 1.807) is 0 Å². The Kier molecular flexibility index (Phi) is 5.45. The lowest BCUT2D eigenvalue weighted by atomic mass is 10.1. The van der Waals surface area contributed by atoms with Gasteiger partial charge in [-0.25, -0.2) is 0 Å². The van der Waals surface area contributed by atoms with Gasteiger partial charge in [-0.3, -0.25) is 0 Å². The number of rotatable bonds is 5. The fourth-order valence-electron chi connectivity index (χ4n) is 1.13. The lowest BCUT2D eigenvalue weighted by molar-refractivity contribution is 0.295. The van der Waals surface area contributed by atoms with Crippen molar-refractivity contribution in [2.75, 3.05) is 20.1 Å². The monoisotopic (exact) mass is 173 g/mol. The van der Waals surface area contributed by atoms with Crippen molar-refractivity contribution in [3.8, 4) is 0 Å². The normalized spacial score (nSPS) is 15.2. The van der Waals surface area contributed by atoms with Crippen molar-refractivity contribution in [1.82, 2.24) is 4.90 Å². The van der Waals surface area contributed by atoms with Gasteiger partial charge >= 0.3 is 0 Å². The highest BCUT2D eigenvalue weighted by Gasteiger charge is 2.09. The highest BCUT2D eigenvalue weighted by molar-refractivity contribution is 5.82. The van der Waals surface area contributed by atoms with Gasteiger partial charge in [-0.1, -0.05) is 19.0 Å². The van der Waals surface area contributed by atoms with Crippen LogP contribution in [0, 0.1) is 5.92 Å². The summed E-state index contributed by atoms with van der Waals surface area (Å²) in [4.78, 5) is 2.17. The van der Waals surface area contributed by atoms with Crippen LogP contribution in [0.4, 0.5) is 0 Å². The highest BCUT2D eigenvalue weighted by Crippen LogP contribution is 1.98. The average Bonchev–Trinajstić information content (AvgIpc) is 2.03. The van der Waals surface area contributed by atoms with E-state index in [-0.39, 0.29) is 5.92 Å². The molecule has 0 saturated carbocycles. The second-order valence-electron chi connectivity index (χ2n) is 3.19. The molecule has 0 fully saturated rings. The zero-order valence-corrected chi connectivity index (χ0v) is 8.12. The standard InChI is InChI=1S/C8H19N3O/c1-4-5-11(3)6-7(2)8(9)10-12/h7,12H,4-6H2,1-3H3,(H2,9,10). The van der Waals surface area contributed by atoms with Crippen LogP contribution in [0.1, 0.15) is 20.3 Å². The maximum atomic E-state index is 8.39. The largest absolute Gasteiger partial charge is 0.409 e. The zero-order valence-electron chi connectivity index (χ0n) is 8.12. The minimum absolute atomic E-state index is 0.117. The molecule has 0 radical (unpaired) electrons. The van der Waals surface area contributed by atoms with Gasteiger partial charge in [0.25, 0.3) is 0 Å². The summed E-state index contributed by atoms with van der Waals surface area (Å²) < 4.78 is 0. The Hall–Kier alpha value is -0.770. The molecule has 0 aromatic carbocycles. The summed E-state index contributed by atoms with van der Waals surface area (Å²) in [6.07, 6.45) is 1.12. The van der Waals surface area contributed by atoms with Crippen molar-refractivity contribution < 1.29 is 5.21 Å². The molecule has 12 heavy (non-hydrogen) atoms. The van der Waals surface area contributed by atoms with Crippen LogP contribution in [0.25, 0.3) is 0 Å². The van der Waals surface area contributed by atoms with Crippen molar-refractivity contribution >= 4 is 5.84 Å². The fourth-order valence-corrected chi connectivity index (χ4v) is 1.13. The third-order valence-electron chi connectivity index (χ3n) is 1.81. The summed E-state index contributed by atoms with van der Waals surface area (Å²) in [7, 11) is 2.03. The Labute approximate surface area is 74.0 Å². The Morgan fingerprint density at radius 3 is 2.67 bits per heavy atom. The number of amidine groups is 1. The van der Waals surface area contributed by atoms with Gasteiger partial charge in [0.2, 0.25) is 0 Å². The molecule has 3 N–H and O–H groups in total. The molecule has 0 aromatic heterocycles. The number of nitrogens with zero attached hydrogens (tertiary/aromatic N) is 2. The molecule has 0 aliphatic carbocycles. The Balaban J connectivity index is 3.75. The zero-order chi connectivity index (χ0) is 9.56. The molecule has 1 atom stereocenters. The van der Waals surface area contributed by atoms with Crippen molar-refractivity contribution in [3.63, 3.8) is 0 Å². The molecule has 0 bridgehead atoms. The summed E-state index contributed by atoms with van der Waals surface area (Å²) in [6, 6.07) is 0. The molecule has 4 nitrogen and oxygen atoms in total. The maximum Gasteiger partial charge on any atom is 0.143 e. The van der Waals surface area contributed by atoms with E-state index < -0.39 is 0 Å². The topological polar surface area (TPSA) is 61.8 Å². The molecule has 0 heterocycles. The second kappa shape index (κ2) is 5.83. The van der Waals surface area contributed by atoms with E-state index in [0.717, 1.165) is 19.5 Å². The molecular weight excluding hydrogens is 154 g/mol. The summed E-state index contributed by atoms with van der Waals surface area (Å²) in [5.41, 5.74) is 5.43. The molecule has 0 aliphatic heterocycles. The van der Waals surface area contributed by atoms with Gasteiger partial charge in [0.15, 0.2) is 0 Å². The van der Waals surface area contributed by atoms with E-state index in [0.29, 0.717) is 5.84 Å². The van der Waals surface area contributed by atoms with E-state index >= 15 is 0 Å². The van der Waals surface area contributed by atoms with Gasteiger partial charge < -0.3 is 15.8 Å². The Morgan fingerprint density at radius 1 is 1.67 bits per heavy atom. The minimum Gasteiger partial charge on any atom is -0.409 e. The highest BCUT2D eigenvalue weighted by atomic mass is 16.4. The molecule has 72 valence electrons. The number of oxime groups is 1. The molecule has 0 aliphatic rings. The maximum absolute atomic E-state index is 8.39. The first-order valence-electron chi connectivity index (χ1n) is 4.27. The first-order valence-corrected chi connectivity index (χ1v) is 4.27. The number of nitrogens with two attached hydrogens (primary N) is 1. The van der Waals surface area contributed by atoms with Crippen LogP contribution in [0.3, 0.4) is 0 Å². The summed E-state index contributed by atoms with van der Waals surface area (Å²) in [6.45, 7) is 5.96. The molecule has 0 amide bonds. The van der Waals surface area contributed by atoms with E-state index in [4.69, 9.17) is 10.9 Å². The van der Waals surface area contributed by atoms with Gasteiger partial charge in [-0.05, 0) is 20.0 Å². The first kappa shape index (κ1) is 11.2. The smallest absolute Gasteiger partial charge is 0.143 e. The van der Waals surface area contributed by atoms with E-state index in [2.05, 4.69) is 17.0 Å². The molecular formula is C8H19N3O. The van der Waals surface area contributed by atoms with Crippen LogP contribution in [-0.2, 0) is 0 Å². The Morgan fingerprint density at radius 2 is 2.25 bits per heavy atom. The molecule has 0 aromatic rings. The van der Waals surface area contributed by atoms with E-state index in [1.165, 1.54) is 0 Å². The number of hydrogen-bond donors (Lipinski definition) is 2. The van der Waals surface area contributed by atoms with E-state index in [1.807, 2.05) is 14.0 Å². The van der Waals surface area contributed by atoms with Gasteiger partial charge in [-0.2, -0.15) is 0 Å². The third-order valence-corrected chi connectivity index (χ3v) is 1.81. The van der Waals surface area contributed by atoms with Crippen LogP contribution in [0.15, 0.2) is 5.16 Å². The first-order chi connectivity index (χ1) is 5.61. The predicted molar refractivity (Wildman–Crippen MR) is 50.4 cm³/mol. The molecule has 1 unspecified atom stereocenters. The second-order valence-corrected chi connectivity index (χ2v) is 3.19. The Bertz CT molecular complexity index is 147.